The molecule has 2 fully saturated rings. The number of piperidine rings is 1. The van der Waals surface area contributed by atoms with E-state index < -0.39 is 0 Å². The average molecular weight is 717 g/mol. The Balaban J connectivity index is 0.000000209. The normalized spacial score (nSPS) is 16.5. The van der Waals surface area contributed by atoms with E-state index in [0.717, 1.165) is 81.4 Å². The highest BCUT2D eigenvalue weighted by Gasteiger charge is 2.39. The Labute approximate surface area is 310 Å². The number of amides is 1. The first kappa shape index (κ1) is 40.8. The number of phenols is 2. The van der Waals surface area contributed by atoms with Gasteiger partial charge < -0.3 is 45.3 Å². The number of phenolic OH excluding ortho intramolecular Hbond substituents is 2. The largest absolute Gasteiger partial charge is 0.508 e. The van der Waals surface area contributed by atoms with Crippen molar-refractivity contribution in [2.75, 3.05) is 72.0 Å². The zero-order valence-corrected chi connectivity index (χ0v) is 31.3. The fourth-order valence-corrected chi connectivity index (χ4v) is 7.05. The first-order valence-corrected chi connectivity index (χ1v) is 19.1. The molecule has 10 heteroatoms. The Morgan fingerprint density at radius 2 is 1.58 bits per heavy atom. The SMILES string of the molecule is C1CCCCC1.CN1CCC(c2ccccc2)(c2cc(CCOCCC=O)ccc2O)CC1.CNCCNCCc1ccc(O)c2c1OCC(=O)N2. The number of ether oxygens (including phenoxy) is 2. The number of likely N-dealkylation sites (N-methyl/N-ethyl adjacent to an activating group) is 1. The number of carbonyl (C=O) groups is 2. The summed E-state index contributed by atoms with van der Waals surface area (Å²) >= 11 is 0. The van der Waals surface area contributed by atoms with Crippen LogP contribution < -0.4 is 20.7 Å². The van der Waals surface area contributed by atoms with Gasteiger partial charge in [0.05, 0.1) is 13.2 Å². The number of hydrogen-bond donors (Lipinski definition) is 5. The summed E-state index contributed by atoms with van der Waals surface area (Å²) in [6.45, 7) is 5.69. The van der Waals surface area contributed by atoms with Gasteiger partial charge in [-0.1, -0.05) is 87.1 Å². The van der Waals surface area contributed by atoms with Crippen LogP contribution >= 0.6 is 0 Å². The third-order valence-electron chi connectivity index (χ3n) is 10.1. The topological polar surface area (TPSA) is 132 Å². The third kappa shape index (κ3) is 12.3. The number of likely N-dealkylation sites (tertiary alicyclic amines) is 1. The van der Waals surface area contributed by atoms with Crippen molar-refractivity contribution in [2.45, 2.75) is 76.0 Å². The molecule has 0 spiro atoms. The molecule has 0 radical (unpaired) electrons. The average Bonchev–Trinajstić information content (AvgIpc) is 3.18. The molecular weight excluding hydrogens is 656 g/mol. The lowest BCUT2D eigenvalue weighted by Crippen LogP contribution is -2.41. The third-order valence-corrected chi connectivity index (χ3v) is 10.1. The molecule has 284 valence electrons. The summed E-state index contributed by atoms with van der Waals surface area (Å²) in [5.74, 6) is 0.742. The molecule has 1 amide bonds. The summed E-state index contributed by atoms with van der Waals surface area (Å²) in [7, 11) is 4.07. The molecule has 0 bridgehead atoms. The summed E-state index contributed by atoms with van der Waals surface area (Å²) in [4.78, 5) is 24.0. The minimum Gasteiger partial charge on any atom is -0.508 e. The van der Waals surface area contributed by atoms with Crippen molar-refractivity contribution in [3.8, 4) is 17.2 Å². The standard InChI is InChI=1S/C23H29NO3.C13H19N3O3.C6H12/c1-24-13-11-23(12-14-24,20-6-3-2-4-7-20)21-18-19(8-9-22(21)26)10-17-27-16-5-15-25;1-14-6-7-15-5-4-9-2-3-10(17)12-13(9)19-8-11(18)16-12;1-2-4-6-5-3-1/h2-4,6-9,15,18,26H,5,10-14,16-17H2,1H3;2-3,14-15,17H,4-8H2,1H3,(H,16,18);1-6H2. The molecule has 6 rings (SSSR count). The van der Waals surface area contributed by atoms with Gasteiger partial charge in [0, 0.05) is 30.5 Å². The Morgan fingerprint density at radius 1 is 0.885 bits per heavy atom. The van der Waals surface area contributed by atoms with Crippen LogP contribution in [0.3, 0.4) is 0 Å². The molecule has 1 saturated carbocycles. The van der Waals surface area contributed by atoms with Crippen molar-refractivity contribution >= 4 is 17.9 Å². The second-order valence-corrected chi connectivity index (χ2v) is 13.9. The van der Waals surface area contributed by atoms with E-state index in [1.54, 1.807) is 6.07 Å². The molecule has 1 saturated heterocycles. The molecule has 2 aliphatic heterocycles. The van der Waals surface area contributed by atoms with E-state index in [2.05, 4.69) is 58.2 Å². The quantitative estimate of drug-likeness (QED) is 0.0779. The number of carbonyl (C=O) groups excluding carboxylic acids is 2. The molecule has 3 aromatic carbocycles. The van der Waals surface area contributed by atoms with Gasteiger partial charge in [-0.05, 0) is 88.2 Å². The molecule has 52 heavy (non-hydrogen) atoms. The lowest BCUT2D eigenvalue weighted by Gasteiger charge is -2.42. The highest BCUT2D eigenvalue weighted by Crippen LogP contribution is 2.45. The molecular formula is C42H60N4O6. The molecule has 3 aliphatic rings. The molecule has 1 aliphatic carbocycles. The molecule has 5 N–H and O–H groups in total. The van der Waals surface area contributed by atoms with Crippen LogP contribution in [-0.4, -0.2) is 93.9 Å². The first-order chi connectivity index (χ1) is 25.4. The Hall–Kier alpha value is -3.96. The lowest BCUT2D eigenvalue weighted by atomic mass is 9.67. The van der Waals surface area contributed by atoms with E-state index >= 15 is 0 Å². The minimum absolute atomic E-state index is 0.00334. The molecule has 0 aromatic heterocycles. The van der Waals surface area contributed by atoms with Crippen LogP contribution in [0.4, 0.5) is 5.69 Å². The van der Waals surface area contributed by atoms with Crippen molar-refractivity contribution in [3.05, 3.63) is 82.9 Å². The van der Waals surface area contributed by atoms with E-state index in [-0.39, 0.29) is 23.7 Å². The van der Waals surface area contributed by atoms with Crippen LogP contribution in [0.25, 0.3) is 0 Å². The molecule has 10 nitrogen and oxygen atoms in total. The van der Waals surface area contributed by atoms with Crippen molar-refractivity contribution < 1.29 is 29.3 Å². The maximum atomic E-state index is 11.3. The predicted octanol–water partition coefficient (Wildman–Crippen LogP) is 5.97. The van der Waals surface area contributed by atoms with Crippen LogP contribution in [-0.2, 0) is 32.6 Å². The Kier molecular flexibility index (Phi) is 17.4. The number of benzene rings is 3. The fraction of sp³-hybridized carbons (Fsp3) is 0.524. The summed E-state index contributed by atoms with van der Waals surface area (Å²) in [6.07, 6.45) is 13.8. The number of nitrogens with zero attached hydrogens (tertiary/aromatic N) is 1. The zero-order valence-electron chi connectivity index (χ0n) is 31.3. The molecule has 0 unspecified atom stereocenters. The van der Waals surface area contributed by atoms with Crippen molar-refractivity contribution in [1.29, 1.82) is 0 Å². The van der Waals surface area contributed by atoms with E-state index in [9.17, 15) is 19.8 Å². The number of hydrogen-bond acceptors (Lipinski definition) is 9. The fourth-order valence-electron chi connectivity index (χ4n) is 7.05. The van der Waals surface area contributed by atoms with Crippen molar-refractivity contribution in [2.24, 2.45) is 0 Å². The first-order valence-electron chi connectivity index (χ1n) is 19.1. The Bertz CT molecular complexity index is 1490. The van der Waals surface area contributed by atoms with Crippen LogP contribution in [0.1, 0.15) is 80.0 Å². The monoisotopic (exact) mass is 716 g/mol. The van der Waals surface area contributed by atoms with E-state index in [1.807, 2.05) is 31.3 Å². The number of anilines is 1. The minimum atomic E-state index is -0.243. The van der Waals surface area contributed by atoms with Gasteiger partial charge in [0.2, 0.25) is 0 Å². The van der Waals surface area contributed by atoms with E-state index in [4.69, 9.17) is 9.47 Å². The summed E-state index contributed by atoms with van der Waals surface area (Å²) in [6, 6.07) is 19.9. The van der Waals surface area contributed by atoms with Crippen LogP contribution in [0, 0.1) is 0 Å². The predicted molar refractivity (Wildman–Crippen MR) is 208 cm³/mol. The maximum Gasteiger partial charge on any atom is 0.262 e. The van der Waals surface area contributed by atoms with Gasteiger partial charge in [0.1, 0.15) is 23.5 Å². The lowest BCUT2D eigenvalue weighted by molar-refractivity contribution is -0.118. The number of fused-ring (bicyclic) bond motifs is 1. The van der Waals surface area contributed by atoms with E-state index in [0.29, 0.717) is 36.8 Å². The second-order valence-electron chi connectivity index (χ2n) is 13.9. The Morgan fingerprint density at radius 3 is 2.25 bits per heavy atom. The number of aromatic hydroxyl groups is 2. The summed E-state index contributed by atoms with van der Waals surface area (Å²) in [5, 5.41) is 29.5. The highest BCUT2D eigenvalue weighted by atomic mass is 16.5. The zero-order chi connectivity index (χ0) is 37.0. The molecule has 2 heterocycles. The van der Waals surface area contributed by atoms with E-state index in [1.165, 1.54) is 44.1 Å². The van der Waals surface area contributed by atoms with Gasteiger partial charge >= 0.3 is 0 Å². The van der Waals surface area contributed by atoms with Gasteiger partial charge in [0.25, 0.3) is 5.91 Å². The number of aldehydes is 1. The smallest absolute Gasteiger partial charge is 0.262 e. The number of rotatable bonds is 14. The summed E-state index contributed by atoms with van der Waals surface area (Å²) in [5.41, 5.74) is 4.64. The van der Waals surface area contributed by atoms with Crippen LogP contribution in [0.15, 0.2) is 60.7 Å². The molecule has 3 aromatic rings. The second kappa shape index (κ2) is 22.2. The van der Waals surface area contributed by atoms with Crippen LogP contribution in [0.2, 0.25) is 0 Å². The van der Waals surface area contributed by atoms with Crippen molar-refractivity contribution in [1.82, 2.24) is 15.5 Å². The van der Waals surface area contributed by atoms with Gasteiger partial charge in [0.15, 0.2) is 12.4 Å². The van der Waals surface area contributed by atoms with Crippen molar-refractivity contribution in [3.63, 3.8) is 0 Å². The van der Waals surface area contributed by atoms with Gasteiger partial charge in [-0.15, -0.1) is 0 Å². The van der Waals surface area contributed by atoms with Gasteiger partial charge in [-0.2, -0.15) is 0 Å². The highest BCUT2D eigenvalue weighted by molar-refractivity contribution is 5.97. The van der Waals surface area contributed by atoms with Crippen LogP contribution in [0.5, 0.6) is 17.2 Å². The molecule has 0 atom stereocenters. The van der Waals surface area contributed by atoms with Gasteiger partial charge in [-0.3, -0.25) is 4.79 Å². The summed E-state index contributed by atoms with van der Waals surface area (Å²) < 4.78 is 10.9. The van der Waals surface area contributed by atoms with Gasteiger partial charge in [-0.25, -0.2) is 0 Å². The number of nitrogens with one attached hydrogen (secondary N) is 3. The maximum absolute atomic E-state index is 11.3.